The number of carbonyl (C=O) groups excluding carboxylic acids is 4. The Morgan fingerprint density at radius 1 is 0.364 bits per heavy atom. The third-order valence-electron chi connectivity index (χ3n) is 25.8. The minimum atomic E-state index is -1.43. The van der Waals surface area contributed by atoms with Crippen LogP contribution in [0.2, 0.25) is 0 Å². The summed E-state index contributed by atoms with van der Waals surface area (Å²) in [6.07, 6.45) is 17.0. The molecule has 702 valence electrons. The fourth-order valence-corrected chi connectivity index (χ4v) is 19.5. The molecule has 22 nitrogen and oxygen atoms in total. The molecule has 143 heavy (non-hydrogen) atoms. The Balaban J connectivity index is 0.000000120. The highest BCUT2D eigenvalue weighted by atomic mass is 79.9. The summed E-state index contributed by atoms with van der Waals surface area (Å²) < 4.78 is 11.4. The summed E-state index contributed by atoms with van der Waals surface area (Å²) in [5.74, 6) is -0.561. The quantitative estimate of drug-likeness (QED) is 0.0195. The molecule has 0 atom stereocenters. The number of hydrogen-bond donors (Lipinski definition) is 9. The Morgan fingerprint density at radius 2 is 0.699 bits per heavy atom. The van der Waals surface area contributed by atoms with Gasteiger partial charge in [-0.05, 0) is 169 Å². The Bertz CT molecular complexity index is 7660. The van der Waals surface area contributed by atoms with E-state index in [0.717, 1.165) is 108 Å². The van der Waals surface area contributed by atoms with E-state index < -0.39 is 23.7 Å². The molecular weight excluding hydrogens is 1840 g/mol. The smallest absolute Gasteiger partial charge is 0.423 e. The molecule has 21 aromatic rings. The molecule has 8 heterocycles. The van der Waals surface area contributed by atoms with Crippen molar-refractivity contribution in [1.29, 1.82) is 0 Å². The number of rotatable bonds is 20. The molecule has 6 aromatic heterocycles. The van der Waals surface area contributed by atoms with Gasteiger partial charge in [-0.25, -0.2) is 19.9 Å². The van der Waals surface area contributed by atoms with Crippen LogP contribution in [0.5, 0.6) is 0 Å². The van der Waals surface area contributed by atoms with Gasteiger partial charge in [0.25, 0.3) is 23.6 Å². The zero-order chi connectivity index (χ0) is 98.1. The number of aromatic amines is 1. The zero-order valence-corrected chi connectivity index (χ0v) is 79.4. The lowest BCUT2D eigenvalue weighted by Crippen LogP contribution is -2.36. The van der Waals surface area contributed by atoms with E-state index in [-0.39, 0.29) is 23.6 Å². The van der Waals surface area contributed by atoms with Crippen molar-refractivity contribution in [1.82, 2.24) is 58.4 Å². The van der Waals surface area contributed by atoms with Gasteiger partial charge < -0.3 is 70.6 Å². The van der Waals surface area contributed by atoms with Crippen molar-refractivity contribution in [3.8, 4) is 33.8 Å². The molecule has 0 saturated carbocycles. The third-order valence-corrected chi connectivity index (χ3v) is 26.2. The van der Waals surface area contributed by atoms with Crippen LogP contribution in [0.3, 0.4) is 0 Å². The molecular formula is C119H100BBrN16O6. The Hall–Kier alpha value is -17.8. The van der Waals surface area contributed by atoms with E-state index in [1.165, 1.54) is 39.4 Å². The van der Waals surface area contributed by atoms with E-state index >= 15 is 0 Å². The second kappa shape index (κ2) is 43.1. The monoisotopic (exact) mass is 1940 g/mol. The van der Waals surface area contributed by atoms with Crippen molar-refractivity contribution in [2.45, 2.75) is 42.5 Å². The fraction of sp³-hybridized carbons (Fsp3) is 0.0756. The molecule has 15 aromatic carbocycles. The van der Waals surface area contributed by atoms with Crippen molar-refractivity contribution in [3.63, 3.8) is 0 Å². The molecule has 11 N–H and O–H groups in total. The first-order chi connectivity index (χ1) is 70.1. The number of aromatic nitrogens is 10. The summed E-state index contributed by atoms with van der Waals surface area (Å²) in [5, 5.41) is 31.1. The van der Waals surface area contributed by atoms with E-state index in [9.17, 15) is 19.2 Å². The minimum absolute atomic E-state index is 0.0691. The molecule has 0 fully saturated rings. The first-order valence-corrected chi connectivity index (χ1v) is 47.9. The summed E-state index contributed by atoms with van der Waals surface area (Å²) in [4.78, 5) is 72.4. The van der Waals surface area contributed by atoms with Gasteiger partial charge in [-0.2, -0.15) is 0 Å². The van der Waals surface area contributed by atoms with Crippen molar-refractivity contribution < 1.29 is 29.2 Å². The first-order valence-electron chi connectivity index (χ1n) is 47.1. The molecule has 24 heteroatoms. The maximum atomic E-state index is 13.5. The molecule has 0 saturated heterocycles. The van der Waals surface area contributed by atoms with E-state index in [4.69, 9.17) is 31.5 Å². The van der Waals surface area contributed by atoms with Crippen LogP contribution in [0.25, 0.3) is 55.6 Å². The molecule has 4 amide bonds. The molecule has 23 rings (SSSR count). The van der Waals surface area contributed by atoms with E-state index in [1.54, 1.807) is 42.9 Å². The summed E-state index contributed by atoms with van der Waals surface area (Å²) in [5.41, 5.74) is 32.7. The lowest BCUT2D eigenvalue weighted by atomic mass is 9.77. The molecule has 0 spiro atoms. The number of anilines is 4. The Labute approximate surface area is 836 Å². The number of halogens is 1. The predicted molar refractivity (Wildman–Crippen MR) is 572 cm³/mol. The van der Waals surface area contributed by atoms with Crippen molar-refractivity contribution in [3.05, 3.63) is 546 Å². The van der Waals surface area contributed by atoms with Crippen LogP contribution in [0.4, 0.5) is 22.7 Å². The molecule has 0 unspecified atom stereocenters. The highest BCUT2D eigenvalue weighted by Gasteiger charge is 2.42. The number of imidazole rings is 4. The second-order valence-corrected chi connectivity index (χ2v) is 35.5. The fourth-order valence-electron chi connectivity index (χ4n) is 19.2. The number of nitrogens with zero attached hydrogens (tertiary/aromatic N) is 9. The van der Waals surface area contributed by atoms with Gasteiger partial charge in [-0.1, -0.05) is 334 Å². The minimum Gasteiger partial charge on any atom is -0.423 e. The van der Waals surface area contributed by atoms with E-state index in [1.807, 2.05) is 180 Å². The molecule has 0 aliphatic carbocycles. The number of amides is 4. The Morgan fingerprint density at radius 3 is 1.03 bits per heavy atom. The lowest BCUT2D eigenvalue weighted by molar-refractivity contribution is 0.0943. The average Bonchev–Trinajstić information content (AvgIpc) is 1.60. The van der Waals surface area contributed by atoms with Gasteiger partial charge in [0, 0.05) is 117 Å². The number of nitrogens with one attached hydrogen (secondary N) is 5. The van der Waals surface area contributed by atoms with E-state index in [2.05, 4.69) is 315 Å². The summed E-state index contributed by atoms with van der Waals surface area (Å²) >= 11 is 3.51. The van der Waals surface area contributed by atoms with Crippen LogP contribution in [-0.4, -0.2) is 102 Å². The van der Waals surface area contributed by atoms with Gasteiger partial charge >= 0.3 is 7.12 Å². The van der Waals surface area contributed by atoms with Crippen LogP contribution in [0, 0.1) is 0 Å². The van der Waals surface area contributed by atoms with Crippen molar-refractivity contribution in [2.24, 2.45) is 0 Å². The number of hydrogen-bond acceptors (Lipinski definition) is 12. The van der Waals surface area contributed by atoms with Gasteiger partial charge in [0.2, 0.25) is 0 Å². The van der Waals surface area contributed by atoms with Crippen molar-refractivity contribution in [2.75, 3.05) is 35.2 Å². The first kappa shape index (κ1) is 94.1. The molecule has 0 bridgehead atoms. The van der Waals surface area contributed by atoms with Crippen LogP contribution < -0.4 is 38.2 Å². The number of nitrogen functional groups attached to an aromatic ring is 2. The number of benzene rings is 15. The normalized spacial score (nSPS) is 12.2. The molecule has 2 aliphatic rings. The number of aryl methyl sites for hydroxylation is 2. The predicted octanol–water partition coefficient (Wildman–Crippen LogP) is 21.6. The van der Waals surface area contributed by atoms with Gasteiger partial charge in [0.15, 0.2) is 0 Å². The van der Waals surface area contributed by atoms with Gasteiger partial charge in [-0.15, -0.1) is 0 Å². The van der Waals surface area contributed by atoms with Gasteiger partial charge in [0.05, 0.1) is 48.6 Å². The third kappa shape index (κ3) is 20.0. The van der Waals surface area contributed by atoms with Gasteiger partial charge in [-0.3, -0.25) is 19.2 Å². The summed E-state index contributed by atoms with van der Waals surface area (Å²) in [7, 11) is -1.43. The van der Waals surface area contributed by atoms with Gasteiger partial charge in [0.1, 0.15) is 32.6 Å². The highest BCUT2D eigenvalue weighted by molar-refractivity contribution is 9.10. The van der Waals surface area contributed by atoms with Crippen LogP contribution >= 0.6 is 15.9 Å². The van der Waals surface area contributed by atoms with Crippen LogP contribution in [0.15, 0.2) is 473 Å². The van der Waals surface area contributed by atoms with Crippen LogP contribution in [0.1, 0.15) is 105 Å². The standard InChI is InChI=1S/C41H33N5O2.C28H23N3.C22H17BrN2.C22H19N5O2.C6H8BNO2/c47-39(31-21-20-30-25-38-40(48)42-22-11-23-46(38)37(30)26-31)44-35-19-10-12-29(24-35)36-27-45(28-43-36)41(32-13-4-1-5-14-32,33-15-6-2-7-16-33)34-17-8-3-9-18-34;29-26-18-10-11-22(19-26)27-20-31(21-30-27)28(23-12-4-1-5-13-23,24-14-6-2-7-15-24)25-16-8-3-9-17-25;23-21-16-25(17-24-21)22(18-10-4-1-5-11-18,19-12-6-2-7-13-19)20-14-8-3-9-15-20;28-21(26-17-4-1-3-14(9-17)18-12-23-13-25-18)16-6-5-15-10-20-22(29)24-7-2-8-27(20)19(15)11-16;8-6-3-1-2-5(4-6)7(9)10/h1-10,12-21,24-28H,11,22-23H2,(H,42,48)(H,44,47);1-21H,29H2;1-17H;1,3-6,9-13H,2,7-8H2,(H,23,25)(H,24,29)(H,26,28);1-4,9-10H,8H2. The average molecular weight is 1940 g/mol. The lowest BCUT2D eigenvalue weighted by Gasteiger charge is -2.37. The van der Waals surface area contributed by atoms with Crippen LogP contribution in [-0.2, 0) is 29.7 Å². The number of nitrogens with two attached hydrogens (primary N) is 2. The Kier molecular flexibility index (Phi) is 28.3. The number of H-pyrrole nitrogens is 1. The zero-order valence-electron chi connectivity index (χ0n) is 77.9. The van der Waals surface area contributed by atoms with E-state index in [0.29, 0.717) is 58.1 Å². The number of fused-ring (bicyclic) bond motifs is 6. The summed E-state index contributed by atoms with van der Waals surface area (Å²) in [6, 6.07) is 140. The maximum absolute atomic E-state index is 13.5. The second-order valence-electron chi connectivity index (χ2n) is 34.7. The maximum Gasteiger partial charge on any atom is 0.488 e. The SMILES string of the molecule is Brc1cn(C(c2ccccc2)(c2ccccc2)c2ccccc2)cn1.Nc1cccc(-c2cn(C(c3ccccc3)(c3ccccc3)c3ccccc3)cn2)c1.Nc1cccc(B(O)O)c1.O=C(Nc1cccc(-c2cn(C(c3ccccc3)(c3ccccc3)c3ccccc3)cn2)c1)c1ccc2cc3n(c2c1)CCCNC3=O.O=C(Nc1cccc(-c2cnc[nH]2)c1)c1ccc2cc3n(c2c1)CCCNC3=O. The van der Waals surface area contributed by atoms with Crippen molar-refractivity contribution >= 4 is 96.7 Å². The summed E-state index contributed by atoms with van der Waals surface area (Å²) in [6.45, 7) is 2.77. The largest absolute Gasteiger partial charge is 0.488 e. The number of carbonyl (C=O) groups is 4. The highest BCUT2D eigenvalue weighted by Crippen LogP contribution is 2.46. The molecule has 0 radical (unpaired) electrons. The topological polar surface area (TPSA) is 301 Å². The molecule has 2 aliphatic heterocycles.